The Bertz CT molecular complexity index is 913. The fraction of sp³-hybridized carbons (Fsp3) is 0.824. The Kier molecular flexibility index (Phi) is 8.52. The van der Waals surface area contributed by atoms with Crippen LogP contribution in [0, 0.1) is 52.3 Å². The summed E-state index contributed by atoms with van der Waals surface area (Å²) in [4.78, 5) is 0. The molecular formula is C34H58N2O. The van der Waals surface area contributed by atoms with E-state index in [1.165, 1.54) is 70.6 Å². The van der Waals surface area contributed by atoms with Gasteiger partial charge in [0.25, 0.3) is 0 Å². The first kappa shape index (κ1) is 28.6. The highest BCUT2D eigenvalue weighted by molar-refractivity contribution is 5.60. The van der Waals surface area contributed by atoms with Crippen LogP contribution in [0.1, 0.15) is 119 Å². The number of hydrogen-bond donors (Lipinski definition) is 2. The second-order valence-electron chi connectivity index (χ2n) is 14.5. The van der Waals surface area contributed by atoms with Crippen LogP contribution < -0.4 is 16.2 Å². The van der Waals surface area contributed by atoms with Crippen LogP contribution in [0.4, 0.5) is 11.4 Å². The summed E-state index contributed by atoms with van der Waals surface area (Å²) in [5.41, 5.74) is 14.6. The van der Waals surface area contributed by atoms with Crippen LogP contribution in [0.3, 0.4) is 0 Å². The molecule has 0 radical (unpaired) electrons. The maximum Gasteiger partial charge on any atom is 0.142 e. The maximum absolute atomic E-state index is 6.46. The van der Waals surface area contributed by atoms with Crippen LogP contribution >= 0.6 is 0 Å². The molecule has 1 aromatic carbocycles. The molecule has 0 aromatic heterocycles. The van der Waals surface area contributed by atoms with Crippen LogP contribution in [0.5, 0.6) is 5.75 Å². The molecule has 3 nitrogen and oxygen atoms in total. The minimum absolute atomic E-state index is 0. The number of rotatable bonds is 7. The summed E-state index contributed by atoms with van der Waals surface area (Å²) < 4.78 is 6.46. The largest absolute Gasteiger partial charge is 0.488 e. The van der Waals surface area contributed by atoms with Gasteiger partial charge in [0.2, 0.25) is 0 Å². The van der Waals surface area contributed by atoms with Crippen molar-refractivity contribution in [1.29, 1.82) is 0 Å². The molecule has 3 heteroatoms. The molecule has 4 aliphatic rings. The summed E-state index contributed by atoms with van der Waals surface area (Å²) in [5.74, 6) is 7.17. The molecule has 0 spiro atoms. The molecule has 37 heavy (non-hydrogen) atoms. The fourth-order valence-corrected chi connectivity index (χ4v) is 10.2. The van der Waals surface area contributed by atoms with Crippen LogP contribution in [-0.4, -0.2) is 6.10 Å². The lowest BCUT2D eigenvalue weighted by atomic mass is 9.44. The minimum Gasteiger partial charge on any atom is -0.488 e. The Hall–Kier alpha value is -1.38. The van der Waals surface area contributed by atoms with E-state index >= 15 is 0 Å². The Morgan fingerprint density at radius 3 is 2.35 bits per heavy atom. The summed E-state index contributed by atoms with van der Waals surface area (Å²) in [5, 5.41) is 0. The lowest BCUT2D eigenvalue weighted by Gasteiger charge is -2.61. The lowest BCUT2D eigenvalue weighted by Crippen LogP contribution is -2.54. The minimum atomic E-state index is 0. The molecule has 0 amide bonds. The predicted molar refractivity (Wildman–Crippen MR) is 159 cm³/mol. The molecule has 0 bridgehead atoms. The van der Waals surface area contributed by atoms with E-state index in [4.69, 9.17) is 16.2 Å². The zero-order valence-electron chi connectivity index (χ0n) is 23.9. The van der Waals surface area contributed by atoms with Gasteiger partial charge in [-0.05, 0) is 128 Å². The average molecular weight is 511 g/mol. The van der Waals surface area contributed by atoms with Gasteiger partial charge in [-0.3, -0.25) is 0 Å². The molecule has 0 heterocycles. The van der Waals surface area contributed by atoms with Gasteiger partial charge in [0.15, 0.2) is 0 Å². The van der Waals surface area contributed by atoms with Gasteiger partial charge < -0.3 is 16.2 Å². The number of benzene rings is 1. The molecule has 9 atom stereocenters. The van der Waals surface area contributed by atoms with E-state index in [2.05, 4.69) is 34.6 Å². The summed E-state index contributed by atoms with van der Waals surface area (Å²) in [6, 6.07) is 5.69. The fourth-order valence-electron chi connectivity index (χ4n) is 10.2. The van der Waals surface area contributed by atoms with E-state index in [0.717, 1.165) is 53.6 Å². The number of ether oxygens (including phenoxy) is 1. The van der Waals surface area contributed by atoms with Gasteiger partial charge in [-0.15, -0.1) is 0 Å². The number of fused-ring (bicyclic) bond motifs is 5. The molecule has 4 fully saturated rings. The van der Waals surface area contributed by atoms with Crippen LogP contribution in [0.15, 0.2) is 18.2 Å². The van der Waals surface area contributed by atoms with Crippen LogP contribution in [-0.2, 0) is 0 Å². The monoisotopic (exact) mass is 510 g/mol. The Morgan fingerprint density at radius 2 is 1.62 bits per heavy atom. The van der Waals surface area contributed by atoms with Crippen molar-refractivity contribution < 1.29 is 4.74 Å². The zero-order valence-corrected chi connectivity index (χ0v) is 23.9. The molecule has 0 aliphatic heterocycles. The van der Waals surface area contributed by atoms with Crippen molar-refractivity contribution >= 4 is 11.4 Å². The van der Waals surface area contributed by atoms with Gasteiger partial charge >= 0.3 is 0 Å². The predicted octanol–water partition coefficient (Wildman–Crippen LogP) is 9.36. The van der Waals surface area contributed by atoms with E-state index < -0.39 is 0 Å². The first-order valence-corrected chi connectivity index (χ1v) is 15.4. The lowest BCUT2D eigenvalue weighted by molar-refractivity contribution is -0.126. The summed E-state index contributed by atoms with van der Waals surface area (Å²) >= 11 is 0. The van der Waals surface area contributed by atoms with Crippen molar-refractivity contribution in [2.45, 2.75) is 125 Å². The van der Waals surface area contributed by atoms with Crippen molar-refractivity contribution in [2.75, 3.05) is 11.5 Å². The highest BCUT2D eigenvalue weighted by Gasteiger charge is 2.60. The SMILES string of the molecule is C.CC(C)CCCC(C)C1CCC2C3CCC4CC(Oc5ccc(N)cc5N)CCC4(C)C3CCC12C. The van der Waals surface area contributed by atoms with Crippen molar-refractivity contribution in [3.63, 3.8) is 0 Å². The molecule has 210 valence electrons. The van der Waals surface area contributed by atoms with Gasteiger partial charge in [-0.25, -0.2) is 0 Å². The molecule has 4 N–H and O–H groups in total. The first-order valence-electron chi connectivity index (χ1n) is 15.4. The van der Waals surface area contributed by atoms with E-state index in [0.29, 0.717) is 28.3 Å². The highest BCUT2D eigenvalue weighted by Crippen LogP contribution is 2.68. The third-order valence-electron chi connectivity index (χ3n) is 12.1. The number of nitrogens with two attached hydrogens (primary N) is 2. The highest BCUT2D eigenvalue weighted by atomic mass is 16.5. The Labute approximate surface area is 228 Å². The second-order valence-corrected chi connectivity index (χ2v) is 14.5. The number of nitrogen functional groups attached to an aromatic ring is 2. The van der Waals surface area contributed by atoms with Gasteiger partial charge in [0.1, 0.15) is 5.75 Å². The third-order valence-corrected chi connectivity index (χ3v) is 12.1. The summed E-state index contributed by atoms with van der Waals surface area (Å²) in [7, 11) is 0. The number of hydrogen-bond acceptors (Lipinski definition) is 3. The van der Waals surface area contributed by atoms with Crippen molar-refractivity contribution in [3.05, 3.63) is 18.2 Å². The summed E-state index contributed by atoms with van der Waals surface area (Å²) in [6.07, 6.45) is 17.0. The number of anilines is 2. The average Bonchev–Trinajstić information content (AvgIpc) is 3.18. The Morgan fingerprint density at radius 1 is 0.892 bits per heavy atom. The molecular weight excluding hydrogens is 452 g/mol. The summed E-state index contributed by atoms with van der Waals surface area (Å²) in [6.45, 7) is 12.7. The topological polar surface area (TPSA) is 61.3 Å². The molecule has 5 rings (SSSR count). The van der Waals surface area contributed by atoms with E-state index in [9.17, 15) is 0 Å². The second kappa shape index (κ2) is 11.0. The van der Waals surface area contributed by atoms with E-state index in [1.54, 1.807) is 0 Å². The van der Waals surface area contributed by atoms with Gasteiger partial charge in [0, 0.05) is 5.69 Å². The van der Waals surface area contributed by atoms with E-state index in [1.807, 2.05) is 18.2 Å². The van der Waals surface area contributed by atoms with Crippen molar-refractivity contribution in [2.24, 2.45) is 52.3 Å². The van der Waals surface area contributed by atoms with Crippen molar-refractivity contribution in [3.8, 4) is 5.75 Å². The first-order chi connectivity index (χ1) is 17.1. The maximum atomic E-state index is 6.46. The van der Waals surface area contributed by atoms with Gasteiger partial charge in [-0.2, -0.15) is 0 Å². The quantitative estimate of drug-likeness (QED) is 0.359. The van der Waals surface area contributed by atoms with Crippen LogP contribution in [0.25, 0.3) is 0 Å². The van der Waals surface area contributed by atoms with Gasteiger partial charge in [-0.1, -0.05) is 61.3 Å². The van der Waals surface area contributed by atoms with Crippen LogP contribution in [0.2, 0.25) is 0 Å². The molecule has 0 saturated heterocycles. The van der Waals surface area contributed by atoms with E-state index in [-0.39, 0.29) is 7.43 Å². The molecule has 4 saturated carbocycles. The molecule has 1 aromatic rings. The normalized spacial score (nSPS) is 39.7. The third kappa shape index (κ3) is 5.27. The molecule has 9 unspecified atom stereocenters. The zero-order chi connectivity index (χ0) is 25.7. The molecule has 4 aliphatic carbocycles. The van der Waals surface area contributed by atoms with Gasteiger partial charge in [0.05, 0.1) is 11.8 Å². The smallest absolute Gasteiger partial charge is 0.142 e. The Balaban J connectivity index is 0.00000320. The van der Waals surface area contributed by atoms with Crippen molar-refractivity contribution in [1.82, 2.24) is 0 Å². The standard InChI is InChI=1S/C33H54N2O.CH4/c1-21(2)7-6-8-22(3)27-12-13-28-26-11-9-23-19-25(36-31-14-10-24(34)20-30(31)35)15-17-32(23,4)29(26)16-18-33(27,28)5;/h10,14,20-23,25-29H,6-9,11-13,15-19,34-35H2,1-5H3;1H4.